The zero-order chi connectivity index (χ0) is 19.3. The maximum atomic E-state index is 13.4. The summed E-state index contributed by atoms with van der Waals surface area (Å²) in [4.78, 5) is 0.221. The number of nitriles is 1. The topological polar surface area (TPSA) is 61.2 Å². The minimum atomic E-state index is -3.76. The average Bonchev–Trinajstić information content (AvgIpc) is 2.69. The largest absolute Gasteiger partial charge is 0.266 e. The van der Waals surface area contributed by atoms with Crippen LogP contribution in [-0.2, 0) is 16.4 Å². The van der Waals surface area contributed by atoms with Crippen molar-refractivity contribution in [3.05, 3.63) is 95.6 Å². The van der Waals surface area contributed by atoms with Gasteiger partial charge in [-0.1, -0.05) is 48.5 Å². The van der Waals surface area contributed by atoms with Crippen LogP contribution in [0, 0.1) is 18.3 Å². The summed E-state index contributed by atoms with van der Waals surface area (Å²) in [5.41, 5.74) is 2.71. The lowest BCUT2D eigenvalue weighted by Crippen LogP contribution is -2.33. The lowest BCUT2D eigenvalue weighted by molar-refractivity contribution is 0.590. The Morgan fingerprint density at radius 2 is 1.56 bits per heavy atom. The summed E-state index contributed by atoms with van der Waals surface area (Å²) in [5, 5.41) is 9.04. The molecule has 0 saturated carbocycles. The summed E-state index contributed by atoms with van der Waals surface area (Å²) in [6, 6.07) is 25.6. The van der Waals surface area contributed by atoms with Gasteiger partial charge in [-0.05, 0) is 54.8 Å². The summed E-state index contributed by atoms with van der Waals surface area (Å²) in [5.74, 6) is 0. The number of benzene rings is 3. The monoisotopic (exact) mass is 376 g/mol. The predicted octanol–water partition coefficient (Wildman–Crippen LogP) is 4.30. The van der Waals surface area contributed by atoms with E-state index in [1.165, 1.54) is 10.4 Å². The Labute approximate surface area is 160 Å². The number of rotatable bonds is 6. The quantitative estimate of drug-likeness (QED) is 0.644. The van der Waals surface area contributed by atoms with Crippen LogP contribution in [0.25, 0.3) is 0 Å². The van der Waals surface area contributed by atoms with E-state index >= 15 is 0 Å². The Balaban J connectivity index is 2.00. The number of nitrogens with zero attached hydrogens (tertiary/aromatic N) is 2. The third-order valence-electron chi connectivity index (χ3n) is 4.36. The minimum absolute atomic E-state index is 0.221. The maximum Gasteiger partial charge on any atom is 0.264 e. The molecule has 0 unspecified atom stereocenters. The lowest BCUT2D eigenvalue weighted by Gasteiger charge is -2.25. The zero-order valence-electron chi connectivity index (χ0n) is 15.0. The van der Waals surface area contributed by atoms with E-state index < -0.39 is 10.0 Å². The maximum absolute atomic E-state index is 13.4. The molecule has 3 rings (SSSR count). The smallest absolute Gasteiger partial charge is 0.264 e. The molecule has 0 bridgehead atoms. The van der Waals surface area contributed by atoms with Gasteiger partial charge in [0.15, 0.2) is 0 Å². The molecule has 0 aliphatic carbocycles. The summed E-state index contributed by atoms with van der Waals surface area (Å²) >= 11 is 0. The second-order valence-corrected chi connectivity index (χ2v) is 8.07. The summed E-state index contributed by atoms with van der Waals surface area (Å²) < 4.78 is 28.3. The fraction of sp³-hybridized carbons (Fsp3) is 0.136. The van der Waals surface area contributed by atoms with Gasteiger partial charge in [-0.3, -0.25) is 4.31 Å². The first-order valence-electron chi connectivity index (χ1n) is 8.65. The van der Waals surface area contributed by atoms with E-state index in [2.05, 4.69) is 0 Å². The van der Waals surface area contributed by atoms with Gasteiger partial charge in [0.2, 0.25) is 0 Å². The second kappa shape index (κ2) is 8.07. The van der Waals surface area contributed by atoms with Gasteiger partial charge in [-0.25, -0.2) is 8.42 Å². The number of hydrogen-bond acceptors (Lipinski definition) is 3. The van der Waals surface area contributed by atoms with Gasteiger partial charge in [0.25, 0.3) is 10.0 Å². The van der Waals surface area contributed by atoms with Gasteiger partial charge >= 0.3 is 0 Å². The Hall–Kier alpha value is -3.10. The van der Waals surface area contributed by atoms with Gasteiger partial charge in [-0.2, -0.15) is 5.26 Å². The summed E-state index contributed by atoms with van der Waals surface area (Å²) in [7, 11) is -3.76. The molecule has 0 atom stereocenters. The second-order valence-electron chi connectivity index (χ2n) is 6.24. The van der Waals surface area contributed by atoms with E-state index in [4.69, 9.17) is 5.26 Å². The van der Waals surface area contributed by atoms with E-state index in [0.29, 0.717) is 29.8 Å². The molecule has 0 heterocycles. The number of aryl methyl sites for hydroxylation is 1. The third kappa shape index (κ3) is 4.18. The standard InChI is InChI=1S/C22H20N2O2S/c1-18-16-20(17-23)12-13-22(18)27(25,26)24(21-10-6-3-7-11-21)15-14-19-8-4-2-5-9-19/h2-13,16H,14-15H2,1H3. The number of hydrogen-bond donors (Lipinski definition) is 0. The van der Waals surface area contributed by atoms with Crippen LogP contribution < -0.4 is 4.31 Å². The Morgan fingerprint density at radius 3 is 2.15 bits per heavy atom. The molecule has 5 heteroatoms. The van der Waals surface area contributed by atoms with Crippen LogP contribution in [0.2, 0.25) is 0 Å². The van der Waals surface area contributed by atoms with Crippen LogP contribution in [0.5, 0.6) is 0 Å². The Kier molecular flexibility index (Phi) is 5.58. The van der Waals surface area contributed by atoms with Crippen LogP contribution >= 0.6 is 0 Å². The highest BCUT2D eigenvalue weighted by Gasteiger charge is 2.26. The third-order valence-corrected chi connectivity index (χ3v) is 6.35. The van der Waals surface area contributed by atoms with Gasteiger partial charge < -0.3 is 0 Å². The highest BCUT2D eigenvalue weighted by Crippen LogP contribution is 2.26. The molecule has 0 radical (unpaired) electrons. The molecule has 4 nitrogen and oxygen atoms in total. The van der Waals surface area contributed by atoms with E-state index in [1.807, 2.05) is 54.6 Å². The van der Waals surface area contributed by atoms with Crippen LogP contribution in [0.4, 0.5) is 5.69 Å². The zero-order valence-corrected chi connectivity index (χ0v) is 15.9. The molecule has 0 spiro atoms. The molecule has 0 aromatic heterocycles. The fourth-order valence-corrected chi connectivity index (χ4v) is 4.66. The molecule has 0 aliphatic rings. The number of anilines is 1. The molecule has 3 aromatic rings. The van der Waals surface area contributed by atoms with Gasteiger partial charge in [-0.15, -0.1) is 0 Å². The van der Waals surface area contributed by atoms with Crippen molar-refractivity contribution in [1.82, 2.24) is 0 Å². The molecule has 27 heavy (non-hydrogen) atoms. The molecular weight excluding hydrogens is 356 g/mol. The van der Waals surface area contributed by atoms with Crippen LogP contribution in [0.1, 0.15) is 16.7 Å². The molecule has 0 saturated heterocycles. The van der Waals surface area contributed by atoms with Crippen molar-refractivity contribution >= 4 is 15.7 Å². The molecule has 0 aliphatic heterocycles. The van der Waals surface area contributed by atoms with E-state index in [0.717, 1.165) is 5.56 Å². The van der Waals surface area contributed by atoms with Gasteiger partial charge in [0.05, 0.1) is 22.2 Å². The Morgan fingerprint density at radius 1 is 0.926 bits per heavy atom. The fourth-order valence-electron chi connectivity index (χ4n) is 2.98. The van der Waals surface area contributed by atoms with Crippen LogP contribution in [0.15, 0.2) is 83.8 Å². The molecule has 0 N–H and O–H groups in total. The van der Waals surface area contributed by atoms with Crippen molar-refractivity contribution in [2.45, 2.75) is 18.2 Å². The first-order valence-corrected chi connectivity index (χ1v) is 10.1. The van der Waals surface area contributed by atoms with E-state index in [1.54, 1.807) is 31.2 Å². The normalized spacial score (nSPS) is 11.0. The van der Waals surface area contributed by atoms with Crippen molar-refractivity contribution in [1.29, 1.82) is 5.26 Å². The summed E-state index contributed by atoms with van der Waals surface area (Å²) in [6.45, 7) is 2.05. The van der Waals surface area contributed by atoms with Crippen molar-refractivity contribution in [2.75, 3.05) is 10.8 Å². The van der Waals surface area contributed by atoms with Crippen LogP contribution in [0.3, 0.4) is 0 Å². The molecule has 136 valence electrons. The van der Waals surface area contributed by atoms with Gasteiger partial charge in [0.1, 0.15) is 0 Å². The SMILES string of the molecule is Cc1cc(C#N)ccc1S(=O)(=O)N(CCc1ccccc1)c1ccccc1. The van der Waals surface area contributed by atoms with Gasteiger partial charge in [0, 0.05) is 6.54 Å². The summed E-state index contributed by atoms with van der Waals surface area (Å²) in [6.07, 6.45) is 0.601. The number of para-hydroxylation sites is 1. The first-order chi connectivity index (χ1) is 13.0. The van der Waals surface area contributed by atoms with E-state index in [9.17, 15) is 8.42 Å². The molecular formula is C22H20N2O2S. The highest BCUT2D eigenvalue weighted by molar-refractivity contribution is 7.92. The predicted molar refractivity (Wildman–Crippen MR) is 107 cm³/mol. The van der Waals surface area contributed by atoms with Crippen molar-refractivity contribution < 1.29 is 8.42 Å². The first kappa shape index (κ1) is 18.7. The van der Waals surface area contributed by atoms with Crippen molar-refractivity contribution in [3.63, 3.8) is 0 Å². The van der Waals surface area contributed by atoms with Crippen molar-refractivity contribution in [2.24, 2.45) is 0 Å². The molecule has 0 fully saturated rings. The average molecular weight is 376 g/mol. The molecule has 3 aromatic carbocycles. The van der Waals surface area contributed by atoms with E-state index in [-0.39, 0.29) is 4.90 Å². The Bertz CT molecular complexity index is 1060. The number of sulfonamides is 1. The lowest BCUT2D eigenvalue weighted by atomic mass is 10.1. The van der Waals surface area contributed by atoms with Crippen molar-refractivity contribution in [3.8, 4) is 6.07 Å². The highest BCUT2D eigenvalue weighted by atomic mass is 32.2. The molecule has 0 amide bonds. The van der Waals surface area contributed by atoms with Crippen LogP contribution in [-0.4, -0.2) is 15.0 Å². The minimum Gasteiger partial charge on any atom is -0.266 e.